The molecule has 4 fully saturated rings. The van der Waals surface area contributed by atoms with Crippen molar-refractivity contribution in [2.75, 3.05) is 31.7 Å². The number of rotatable bonds is 7. The minimum absolute atomic E-state index is 0.0407. The molecule has 1 N–H and O–H groups in total. The molecule has 0 radical (unpaired) electrons. The maximum absolute atomic E-state index is 13.7. The number of sulfonamides is 1. The molecule has 2 saturated heterocycles. The van der Waals surface area contributed by atoms with Gasteiger partial charge in [0, 0.05) is 31.9 Å². The number of Topliss-reactive ketones (excluding diaryl/α,β-unsaturated/α-hetero) is 1. The summed E-state index contributed by atoms with van der Waals surface area (Å²) >= 11 is 0.375. The summed E-state index contributed by atoms with van der Waals surface area (Å²) in [5.74, 6) is 0.0772. The lowest BCUT2D eigenvalue weighted by Gasteiger charge is -2.38. The van der Waals surface area contributed by atoms with Gasteiger partial charge in [0.25, 0.3) is 0 Å². The van der Waals surface area contributed by atoms with Crippen LogP contribution in [0.2, 0.25) is 0 Å². The topological polar surface area (TPSA) is 128 Å². The predicted octanol–water partition coefficient (Wildman–Crippen LogP) is 3.91. The van der Waals surface area contributed by atoms with Crippen LogP contribution in [0.15, 0.2) is 17.2 Å². The Morgan fingerprint density at radius 2 is 1.84 bits per heavy atom. The van der Waals surface area contributed by atoms with E-state index in [1.54, 1.807) is 13.0 Å². The van der Waals surface area contributed by atoms with Crippen molar-refractivity contribution in [3.8, 4) is 10.7 Å². The monoisotopic (exact) mass is 640 g/mol. The number of hydrogen-bond acceptors (Lipinski definition) is 10. The Labute approximate surface area is 249 Å². The van der Waals surface area contributed by atoms with Crippen LogP contribution in [0.4, 0.5) is 18.9 Å². The third kappa shape index (κ3) is 4.76. The first-order chi connectivity index (χ1) is 20.2. The van der Waals surface area contributed by atoms with Gasteiger partial charge >= 0.3 is 6.18 Å². The number of imidazole rings is 1. The van der Waals surface area contributed by atoms with Crippen LogP contribution in [0.1, 0.15) is 63.1 Å². The standard InChI is InChI=1S/C27H31F3N6O5S2/c1-15-20(37)25(14-41-15)8-10-35(11-9-25)17-12-16(43(38,39)34-24(2)4-5-24)13-36-18(22-32-33-23(42-22)27(28,29)30)19(31-21(17)36)26(40-3)6-7-26/h12-13,15,34H,4-11,14H2,1-3H3/t15-/m1/s1. The number of nitrogens with one attached hydrogen (secondary N) is 1. The third-order valence-electron chi connectivity index (χ3n) is 9.33. The van der Waals surface area contributed by atoms with Crippen LogP contribution in [0.5, 0.6) is 0 Å². The van der Waals surface area contributed by atoms with Crippen LogP contribution < -0.4 is 9.62 Å². The molecule has 2 saturated carbocycles. The average molecular weight is 641 g/mol. The fraction of sp³-hybridized carbons (Fsp3) is 0.630. The molecular formula is C27H31F3N6O5S2. The van der Waals surface area contributed by atoms with Crippen LogP contribution in [-0.4, -0.2) is 72.2 Å². The zero-order chi connectivity index (χ0) is 30.6. The third-order valence-corrected chi connectivity index (χ3v) is 11.9. The number of hydrogen-bond donors (Lipinski definition) is 1. The number of pyridine rings is 1. The number of alkyl halides is 3. The van der Waals surface area contributed by atoms with Gasteiger partial charge in [0.15, 0.2) is 16.4 Å². The van der Waals surface area contributed by atoms with Gasteiger partial charge < -0.3 is 14.4 Å². The van der Waals surface area contributed by atoms with Crippen LogP contribution in [0.25, 0.3) is 16.3 Å². The molecule has 3 aromatic heterocycles. The minimum atomic E-state index is -4.69. The fourth-order valence-corrected chi connectivity index (χ4v) is 8.43. The molecular weight excluding hydrogens is 609 g/mol. The lowest BCUT2D eigenvalue weighted by Crippen LogP contribution is -2.45. The molecule has 1 spiro atoms. The van der Waals surface area contributed by atoms with Crippen molar-refractivity contribution in [3.05, 3.63) is 23.0 Å². The molecule has 11 nitrogen and oxygen atoms in total. The van der Waals surface area contributed by atoms with E-state index < -0.39 is 43.9 Å². The number of piperidine rings is 1. The second kappa shape index (κ2) is 9.42. The summed E-state index contributed by atoms with van der Waals surface area (Å²) in [6, 6.07) is 1.56. The number of aromatic nitrogens is 4. The largest absolute Gasteiger partial charge is 0.445 e. The van der Waals surface area contributed by atoms with E-state index in [9.17, 15) is 26.4 Å². The number of fused-ring (bicyclic) bond motifs is 1. The van der Waals surface area contributed by atoms with Crippen LogP contribution in [-0.2, 0) is 36.1 Å². The molecule has 7 rings (SSSR count). The fourth-order valence-electron chi connectivity index (χ4n) is 6.19. The molecule has 16 heteroatoms. The van der Waals surface area contributed by atoms with Gasteiger partial charge in [-0.1, -0.05) is 11.3 Å². The highest BCUT2D eigenvalue weighted by molar-refractivity contribution is 7.89. The highest BCUT2D eigenvalue weighted by Crippen LogP contribution is 2.53. The number of anilines is 1. The highest BCUT2D eigenvalue weighted by atomic mass is 32.2. The Morgan fingerprint density at radius 1 is 1.14 bits per heavy atom. The van der Waals surface area contributed by atoms with Crippen molar-refractivity contribution in [3.63, 3.8) is 0 Å². The number of nitrogens with zero attached hydrogens (tertiary/aromatic N) is 5. The molecule has 4 aliphatic rings. The van der Waals surface area contributed by atoms with E-state index in [-0.39, 0.29) is 21.4 Å². The van der Waals surface area contributed by atoms with Gasteiger partial charge in [-0.25, -0.2) is 18.1 Å². The van der Waals surface area contributed by atoms with Gasteiger partial charge in [-0.3, -0.25) is 9.20 Å². The van der Waals surface area contributed by atoms with Crippen molar-refractivity contribution >= 4 is 38.5 Å². The van der Waals surface area contributed by atoms with Crippen molar-refractivity contribution in [1.29, 1.82) is 0 Å². The number of ether oxygens (including phenoxy) is 2. The first-order valence-corrected chi connectivity index (χ1v) is 16.5. The highest BCUT2D eigenvalue weighted by Gasteiger charge is 2.51. The zero-order valence-corrected chi connectivity index (χ0v) is 25.5. The van der Waals surface area contributed by atoms with Gasteiger partial charge in [-0.2, -0.15) is 13.2 Å². The second-order valence-corrected chi connectivity index (χ2v) is 15.1. The molecule has 5 heterocycles. The van der Waals surface area contributed by atoms with Gasteiger partial charge in [0.05, 0.1) is 17.7 Å². The molecule has 0 unspecified atom stereocenters. The summed E-state index contributed by atoms with van der Waals surface area (Å²) in [6.45, 7) is 4.81. The molecule has 2 aliphatic carbocycles. The minimum Gasteiger partial charge on any atom is -0.372 e. The second-order valence-electron chi connectivity index (χ2n) is 12.4. The van der Waals surface area contributed by atoms with E-state index in [1.165, 1.54) is 17.7 Å². The summed E-state index contributed by atoms with van der Waals surface area (Å²) in [7, 11) is -2.50. The average Bonchev–Trinajstić information content (AvgIpc) is 3.75. The predicted molar refractivity (Wildman–Crippen MR) is 149 cm³/mol. The van der Waals surface area contributed by atoms with Gasteiger partial charge in [-0.05, 0) is 58.4 Å². The summed E-state index contributed by atoms with van der Waals surface area (Å²) < 4.78 is 83.8. The summed E-state index contributed by atoms with van der Waals surface area (Å²) in [6.07, 6.45) is -0.140. The van der Waals surface area contributed by atoms with Crippen LogP contribution in [0, 0.1) is 5.41 Å². The lowest BCUT2D eigenvalue weighted by molar-refractivity contribution is -0.138. The SMILES string of the molecule is COC1(c2nc3c(N4CCC5(CC4)CO[C@H](C)C5=O)cc(S(=O)(=O)NC4(C)CC4)cn3c2-c2nnc(C(F)(F)F)s2)CC1. The number of ketones is 1. The van der Waals surface area contributed by atoms with E-state index >= 15 is 0 Å². The maximum Gasteiger partial charge on any atom is 0.445 e. The zero-order valence-electron chi connectivity index (χ0n) is 23.8. The van der Waals surface area contributed by atoms with E-state index in [0.717, 1.165) is 0 Å². The van der Waals surface area contributed by atoms with Crippen molar-refractivity contribution < 1.29 is 35.9 Å². The van der Waals surface area contributed by atoms with Crippen molar-refractivity contribution in [2.24, 2.45) is 5.41 Å². The molecule has 2 aliphatic heterocycles. The summed E-state index contributed by atoms with van der Waals surface area (Å²) in [5, 5.41) is 6.12. The van der Waals surface area contributed by atoms with E-state index in [4.69, 9.17) is 14.5 Å². The van der Waals surface area contributed by atoms with Crippen molar-refractivity contribution in [2.45, 2.75) is 80.7 Å². The van der Waals surface area contributed by atoms with Gasteiger partial charge in [-0.15, -0.1) is 10.2 Å². The van der Waals surface area contributed by atoms with Crippen LogP contribution in [0.3, 0.4) is 0 Å². The van der Waals surface area contributed by atoms with Gasteiger partial charge in [0.2, 0.25) is 15.0 Å². The number of carbonyl (C=O) groups is 1. The Hall–Kier alpha value is -2.66. The summed E-state index contributed by atoms with van der Waals surface area (Å²) in [4.78, 5) is 19.8. The molecule has 43 heavy (non-hydrogen) atoms. The molecule has 0 aromatic carbocycles. The number of halogens is 3. The Balaban J connectivity index is 1.40. The Bertz CT molecular complexity index is 1740. The lowest BCUT2D eigenvalue weighted by atomic mass is 9.75. The summed E-state index contributed by atoms with van der Waals surface area (Å²) in [5.41, 5.74) is -0.497. The maximum atomic E-state index is 13.7. The first-order valence-electron chi connectivity index (χ1n) is 14.2. The smallest absolute Gasteiger partial charge is 0.372 e. The normalized spacial score (nSPS) is 24.3. The first kappa shape index (κ1) is 29.1. The van der Waals surface area contributed by atoms with Crippen LogP contribution >= 0.6 is 11.3 Å². The van der Waals surface area contributed by atoms with E-state index in [0.29, 0.717) is 86.6 Å². The molecule has 0 amide bonds. The Morgan fingerprint density at radius 3 is 2.37 bits per heavy atom. The number of methoxy groups -OCH3 is 1. The van der Waals surface area contributed by atoms with Crippen molar-refractivity contribution in [1.82, 2.24) is 24.3 Å². The van der Waals surface area contributed by atoms with E-state index in [1.807, 2.05) is 11.8 Å². The van der Waals surface area contributed by atoms with Gasteiger partial charge in [0.1, 0.15) is 28.0 Å². The quantitative estimate of drug-likeness (QED) is 0.409. The molecule has 1 atom stereocenters. The number of carbonyl (C=O) groups excluding carboxylic acids is 1. The Kier molecular flexibility index (Phi) is 6.37. The molecule has 232 valence electrons. The molecule has 0 bridgehead atoms. The van der Waals surface area contributed by atoms with E-state index in [2.05, 4.69) is 14.9 Å². The molecule has 3 aromatic rings.